The van der Waals surface area contributed by atoms with Crippen LogP contribution in [0.4, 0.5) is 0 Å². The van der Waals surface area contributed by atoms with Gasteiger partial charge in [0, 0.05) is 19.3 Å². The van der Waals surface area contributed by atoms with E-state index in [1.807, 2.05) is 0 Å². The molecule has 0 amide bonds. The highest BCUT2D eigenvalue weighted by Crippen LogP contribution is 2.14. The van der Waals surface area contributed by atoms with Crippen molar-refractivity contribution in [2.24, 2.45) is 0 Å². The summed E-state index contributed by atoms with van der Waals surface area (Å²) in [7, 11) is 0. The Bertz CT molecular complexity index is 794. The van der Waals surface area contributed by atoms with Gasteiger partial charge in [-0.05, 0) is 44.9 Å². The molecule has 0 fully saturated rings. The first kappa shape index (κ1) is 49.1. The number of carbonyl (C=O) groups is 3. The highest BCUT2D eigenvalue weighted by Gasteiger charge is 2.19. The number of ether oxygens (including phenoxy) is 3. The lowest BCUT2D eigenvalue weighted by Gasteiger charge is -2.18. The van der Waals surface area contributed by atoms with Crippen LogP contribution < -0.4 is 0 Å². The number of carbonyl (C=O) groups excluding carboxylic acids is 3. The number of hydrogen-bond acceptors (Lipinski definition) is 6. The van der Waals surface area contributed by atoms with Gasteiger partial charge in [0.25, 0.3) is 0 Å². The van der Waals surface area contributed by atoms with Crippen molar-refractivity contribution in [3.8, 4) is 0 Å². The summed E-state index contributed by atoms with van der Waals surface area (Å²) in [6, 6.07) is 0. The van der Waals surface area contributed by atoms with E-state index >= 15 is 0 Å². The fourth-order valence-corrected chi connectivity index (χ4v) is 6.38. The normalized spacial score (nSPS) is 12.0. The van der Waals surface area contributed by atoms with Gasteiger partial charge >= 0.3 is 17.9 Å². The minimum atomic E-state index is -0.763. The Morgan fingerprint density at radius 3 is 0.980 bits per heavy atom. The van der Waals surface area contributed by atoms with Crippen LogP contribution in [-0.2, 0) is 28.6 Å². The lowest BCUT2D eigenvalue weighted by Crippen LogP contribution is -2.30. The zero-order chi connectivity index (χ0) is 37.3. The van der Waals surface area contributed by atoms with Gasteiger partial charge < -0.3 is 14.2 Å². The summed E-state index contributed by atoms with van der Waals surface area (Å²) in [6.45, 7) is 6.59. The van der Waals surface area contributed by atoms with Crippen molar-refractivity contribution >= 4 is 17.9 Å². The van der Waals surface area contributed by atoms with Crippen molar-refractivity contribution in [3.63, 3.8) is 0 Å². The molecule has 0 aliphatic heterocycles. The van der Waals surface area contributed by atoms with Crippen LogP contribution in [0.25, 0.3) is 0 Å². The van der Waals surface area contributed by atoms with Crippen molar-refractivity contribution in [1.82, 2.24) is 0 Å². The topological polar surface area (TPSA) is 78.9 Å². The molecule has 0 bridgehead atoms. The summed E-state index contributed by atoms with van der Waals surface area (Å²) < 4.78 is 16.6. The fraction of sp³-hybridized carbons (Fsp3) is 0.889. The average molecular weight is 721 g/mol. The van der Waals surface area contributed by atoms with Crippen LogP contribution in [-0.4, -0.2) is 37.2 Å². The molecule has 6 heteroatoms. The molecule has 0 aromatic carbocycles. The van der Waals surface area contributed by atoms with Gasteiger partial charge in [-0.3, -0.25) is 14.4 Å². The van der Waals surface area contributed by atoms with Crippen LogP contribution in [0.5, 0.6) is 0 Å². The second-order valence-electron chi connectivity index (χ2n) is 15.0. The lowest BCUT2D eigenvalue weighted by molar-refractivity contribution is -0.167. The molecular formula is C45H84O6. The second kappa shape index (κ2) is 40.9. The Morgan fingerprint density at radius 2 is 0.647 bits per heavy atom. The van der Waals surface area contributed by atoms with E-state index in [1.54, 1.807) is 0 Å². The van der Waals surface area contributed by atoms with Gasteiger partial charge in [-0.2, -0.15) is 0 Å². The number of esters is 3. The Labute approximate surface area is 316 Å². The lowest BCUT2D eigenvalue weighted by atomic mass is 10.1. The van der Waals surface area contributed by atoms with Crippen LogP contribution in [0.3, 0.4) is 0 Å². The van der Waals surface area contributed by atoms with Gasteiger partial charge in [-0.1, -0.05) is 187 Å². The van der Waals surface area contributed by atoms with E-state index in [1.165, 1.54) is 135 Å². The molecule has 6 nitrogen and oxygen atoms in total. The van der Waals surface area contributed by atoms with Crippen molar-refractivity contribution < 1.29 is 28.6 Å². The van der Waals surface area contributed by atoms with Crippen molar-refractivity contribution in [3.05, 3.63) is 12.2 Å². The fourth-order valence-electron chi connectivity index (χ4n) is 6.38. The Hall–Kier alpha value is -1.85. The molecule has 0 rings (SSSR count). The van der Waals surface area contributed by atoms with Crippen molar-refractivity contribution in [1.29, 1.82) is 0 Å². The largest absolute Gasteiger partial charge is 0.462 e. The maximum atomic E-state index is 12.7. The number of hydrogen-bond donors (Lipinski definition) is 0. The zero-order valence-corrected chi connectivity index (χ0v) is 34.1. The zero-order valence-electron chi connectivity index (χ0n) is 34.1. The van der Waals surface area contributed by atoms with Crippen LogP contribution in [0.15, 0.2) is 12.2 Å². The van der Waals surface area contributed by atoms with E-state index in [-0.39, 0.29) is 31.1 Å². The van der Waals surface area contributed by atoms with Gasteiger partial charge in [0.15, 0.2) is 6.10 Å². The van der Waals surface area contributed by atoms with Crippen LogP contribution in [0, 0.1) is 0 Å². The SMILES string of the molecule is CCCCCCC/C=C\CCCCCCCC(=O)OCC(COC(=O)CCCCCCCCCC)OC(=O)CCCCCCCCCCCCC. The summed E-state index contributed by atoms with van der Waals surface area (Å²) >= 11 is 0. The van der Waals surface area contributed by atoms with Gasteiger partial charge in [0.1, 0.15) is 13.2 Å². The molecule has 0 aliphatic rings. The third kappa shape index (κ3) is 39.2. The quantitative estimate of drug-likeness (QED) is 0.0271. The number of allylic oxidation sites excluding steroid dienone is 2. The summed E-state index contributed by atoms with van der Waals surface area (Å²) in [4.78, 5) is 37.5. The third-order valence-corrected chi connectivity index (χ3v) is 9.77. The summed E-state index contributed by atoms with van der Waals surface area (Å²) in [5.41, 5.74) is 0. The van der Waals surface area contributed by atoms with E-state index in [4.69, 9.17) is 14.2 Å². The Balaban J connectivity index is 4.32. The average Bonchev–Trinajstić information content (AvgIpc) is 3.12. The number of unbranched alkanes of at least 4 members (excludes halogenated alkanes) is 27. The minimum Gasteiger partial charge on any atom is -0.462 e. The second-order valence-corrected chi connectivity index (χ2v) is 15.0. The van der Waals surface area contributed by atoms with Crippen LogP contribution in [0.2, 0.25) is 0 Å². The first-order valence-corrected chi connectivity index (χ1v) is 22.2. The summed E-state index contributed by atoms with van der Waals surface area (Å²) in [5.74, 6) is -0.877. The predicted octanol–water partition coefficient (Wildman–Crippen LogP) is 13.9. The number of rotatable bonds is 40. The summed E-state index contributed by atoms with van der Waals surface area (Å²) in [6.07, 6.45) is 41.9. The molecule has 0 saturated heterocycles. The van der Waals surface area contributed by atoms with Crippen molar-refractivity contribution in [2.75, 3.05) is 13.2 Å². The molecule has 1 unspecified atom stereocenters. The minimum absolute atomic E-state index is 0.0690. The molecule has 0 N–H and O–H groups in total. The standard InChI is InChI=1S/C45H84O6/c1-4-7-10-13-16-19-21-22-23-25-26-29-32-35-38-44(47)50-41-42(40-49-43(46)37-34-31-28-18-15-12-9-6-3)51-45(48)39-36-33-30-27-24-20-17-14-11-8-5-2/h21-22,42H,4-20,23-41H2,1-3H3/b22-21-. The maximum Gasteiger partial charge on any atom is 0.306 e. The molecule has 1 atom stereocenters. The molecule has 0 aromatic rings. The smallest absolute Gasteiger partial charge is 0.306 e. The van der Waals surface area contributed by atoms with Gasteiger partial charge in [-0.25, -0.2) is 0 Å². The summed E-state index contributed by atoms with van der Waals surface area (Å²) in [5, 5.41) is 0. The van der Waals surface area contributed by atoms with Gasteiger partial charge in [0.05, 0.1) is 0 Å². The molecule has 0 heterocycles. The van der Waals surface area contributed by atoms with E-state index in [0.29, 0.717) is 19.3 Å². The van der Waals surface area contributed by atoms with E-state index < -0.39 is 6.10 Å². The molecule has 0 aliphatic carbocycles. The van der Waals surface area contributed by atoms with Gasteiger partial charge in [0.2, 0.25) is 0 Å². The highest BCUT2D eigenvalue weighted by atomic mass is 16.6. The Kier molecular flexibility index (Phi) is 39.4. The van der Waals surface area contributed by atoms with Crippen LogP contribution in [0.1, 0.15) is 239 Å². The molecule has 300 valence electrons. The monoisotopic (exact) mass is 721 g/mol. The van der Waals surface area contributed by atoms with Gasteiger partial charge in [-0.15, -0.1) is 0 Å². The molecule has 0 radical (unpaired) electrons. The third-order valence-electron chi connectivity index (χ3n) is 9.77. The molecule has 0 saturated carbocycles. The molecule has 51 heavy (non-hydrogen) atoms. The first-order valence-electron chi connectivity index (χ1n) is 22.2. The van der Waals surface area contributed by atoms with Crippen molar-refractivity contribution in [2.45, 2.75) is 245 Å². The van der Waals surface area contributed by atoms with Crippen LogP contribution >= 0.6 is 0 Å². The highest BCUT2D eigenvalue weighted by molar-refractivity contribution is 5.71. The Morgan fingerprint density at radius 1 is 0.373 bits per heavy atom. The predicted molar refractivity (Wildman–Crippen MR) is 215 cm³/mol. The van der Waals surface area contributed by atoms with E-state index in [2.05, 4.69) is 32.9 Å². The molecule has 0 spiro atoms. The molecular weight excluding hydrogens is 636 g/mol. The van der Waals surface area contributed by atoms with E-state index in [9.17, 15) is 14.4 Å². The van der Waals surface area contributed by atoms with E-state index in [0.717, 1.165) is 64.2 Å². The first-order chi connectivity index (χ1) is 25.0. The molecule has 0 aromatic heterocycles. The maximum absolute atomic E-state index is 12.7.